The Kier molecular flexibility index (Phi) is 31.8. The smallest absolute Gasteiger partial charge is 1.00 e. The molecule has 1 N–H and O–H groups in total. The van der Waals surface area contributed by atoms with Gasteiger partial charge in [-0.05, 0) is 0 Å². The van der Waals surface area contributed by atoms with Crippen LogP contribution in [0.3, 0.4) is 0 Å². The van der Waals surface area contributed by atoms with Gasteiger partial charge in [0.2, 0.25) is 0 Å². The van der Waals surface area contributed by atoms with Crippen LogP contribution in [0.2, 0.25) is 0 Å². The van der Waals surface area contributed by atoms with E-state index in [-0.39, 0.29) is 54.0 Å². The molecule has 2 rings (SSSR count). The van der Waals surface area contributed by atoms with Crippen LogP contribution in [0.4, 0.5) is 0 Å². The number of aromatic amines is 1. The number of hydrogen-bond donors (Lipinski definition) is 1. The van der Waals surface area contributed by atoms with Gasteiger partial charge in [-0.3, -0.25) is 6.08 Å². The van der Waals surface area contributed by atoms with E-state index in [1.54, 1.807) is 0 Å². The number of allylic oxidation sites excluding steroid dienone is 4. The molecule has 0 bridgehead atoms. The van der Waals surface area contributed by atoms with Crippen molar-refractivity contribution in [3.05, 3.63) is 56.3 Å². The Bertz CT molecular complexity index is 181. The first-order valence-electron chi connectivity index (χ1n) is 3.21. The molecule has 0 unspecified atom stereocenters. The van der Waals surface area contributed by atoms with Gasteiger partial charge in [0.25, 0.3) is 0 Å². The van der Waals surface area contributed by atoms with Crippen LogP contribution in [-0.2, 0) is 21.7 Å². The topological polar surface area (TPSA) is 15.8 Å². The van der Waals surface area contributed by atoms with Crippen LogP contribution >= 0.6 is 0 Å². The molecule has 1 aromatic rings. The molecule has 1 nitrogen and oxygen atoms in total. The van der Waals surface area contributed by atoms with Crippen LogP contribution in [-0.4, -0.2) is 4.98 Å². The molecule has 0 saturated carbocycles. The maximum atomic E-state index is 2.99. The Morgan fingerprint density at radius 3 is 2.07 bits per heavy atom. The third-order valence-corrected chi connectivity index (χ3v) is 1.03. The van der Waals surface area contributed by atoms with Crippen molar-refractivity contribution in [1.29, 1.82) is 0 Å². The van der Waals surface area contributed by atoms with E-state index >= 15 is 0 Å². The summed E-state index contributed by atoms with van der Waals surface area (Å²) >= 11 is 0. The van der Waals surface area contributed by atoms with Crippen molar-refractivity contribution in [1.82, 2.24) is 4.98 Å². The van der Waals surface area contributed by atoms with Gasteiger partial charge in [-0.1, -0.05) is 0 Å². The Hall–Kier alpha value is 0.0543. The molecular formula is C10H12Cl2NTi-3. The molecule has 0 spiro atoms. The number of rotatable bonds is 0. The average molecular weight is 265 g/mol. The average Bonchev–Trinajstić information content (AvgIpc) is 2.67. The van der Waals surface area contributed by atoms with E-state index in [4.69, 9.17) is 0 Å². The van der Waals surface area contributed by atoms with Crippen LogP contribution in [0.25, 0.3) is 0 Å². The molecule has 4 heteroatoms. The summed E-state index contributed by atoms with van der Waals surface area (Å²) in [5, 5.41) is 0. The molecule has 1 aliphatic carbocycles. The Morgan fingerprint density at radius 2 is 1.93 bits per heavy atom. The number of nitrogens with one attached hydrogen (secondary N) is 1. The third-order valence-electron chi connectivity index (χ3n) is 1.03. The fourth-order valence-electron chi connectivity index (χ4n) is 0.581. The number of aromatic nitrogens is 1. The number of H-pyrrole nitrogens is 1. The summed E-state index contributed by atoms with van der Waals surface area (Å²) in [6, 6.07) is 3.71. The molecule has 1 aliphatic rings. The SMILES string of the molecule is [C-]1=CC=CC1.[CH3-].[Cl-].[Cl-].[Ti+2].[c-]1ccc[nH]1. The largest absolute Gasteiger partial charge is 2.00 e. The van der Waals surface area contributed by atoms with Gasteiger partial charge >= 0.3 is 21.7 Å². The van der Waals surface area contributed by atoms with Crippen molar-refractivity contribution in [2.24, 2.45) is 0 Å². The summed E-state index contributed by atoms with van der Waals surface area (Å²) in [4.78, 5) is 2.74. The predicted molar refractivity (Wildman–Crippen MR) is 47.6 cm³/mol. The molecule has 0 aliphatic heterocycles. The molecule has 0 aromatic carbocycles. The van der Waals surface area contributed by atoms with Gasteiger partial charge in [-0.25, -0.2) is 12.2 Å². The zero-order chi connectivity index (χ0) is 7.07. The van der Waals surface area contributed by atoms with Gasteiger partial charge < -0.3 is 37.2 Å². The Balaban J connectivity index is -0.0000000556. The normalized spacial score (nSPS) is 9.14. The van der Waals surface area contributed by atoms with E-state index in [0.717, 1.165) is 6.42 Å². The van der Waals surface area contributed by atoms with Gasteiger partial charge in [-0.2, -0.15) is 24.4 Å². The Labute approximate surface area is 114 Å². The van der Waals surface area contributed by atoms with E-state index in [1.807, 2.05) is 30.5 Å². The monoisotopic (exact) mass is 264 g/mol. The molecule has 0 amide bonds. The first-order chi connectivity index (χ1) is 5.00. The summed E-state index contributed by atoms with van der Waals surface area (Å²) in [5.74, 6) is 0. The quantitative estimate of drug-likeness (QED) is 0.371. The van der Waals surface area contributed by atoms with Crippen molar-refractivity contribution in [3.8, 4) is 0 Å². The molecular weight excluding hydrogens is 253 g/mol. The van der Waals surface area contributed by atoms with Crippen LogP contribution in [0, 0.1) is 19.7 Å². The molecule has 0 atom stereocenters. The van der Waals surface area contributed by atoms with E-state index in [9.17, 15) is 0 Å². The second-order valence-corrected chi connectivity index (χ2v) is 1.82. The van der Waals surface area contributed by atoms with Gasteiger partial charge in [-0.15, -0.1) is 12.6 Å². The number of hydrogen-bond acceptors (Lipinski definition) is 0. The summed E-state index contributed by atoms with van der Waals surface area (Å²) in [5.41, 5.74) is 0. The van der Waals surface area contributed by atoms with E-state index in [2.05, 4.69) is 23.3 Å². The molecule has 0 radical (unpaired) electrons. The molecule has 0 fully saturated rings. The van der Waals surface area contributed by atoms with Gasteiger partial charge in [0.1, 0.15) is 0 Å². The fraction of sp³-hybridized carbons (Fsp3) is 0.100. The van der Waals surface area contributed by atoms with E-state index in [0.29, 0.717) is 0 Å². The van der Waals surface area contributed by atoms with Crippen LogP contribution in [0.5, 0.6) is 0 Å². The predicted octanol–water partition coefficient (Wildman–Crippen LogP) is -3.42. The first-order valence-corrected chi connectivity index (χ1v) is 3.21. The maximum Gasteiger partial charge on any atom is 2.00 e. The fourth-order valence-corrected chi connectivity index (χ4v) is 0.581. The Morgan fingerprint density at radius 1 is 1.21 bits per heavy atom. The molecule has 0 saturated heterocycles. The van der Waals surface area contributed by atoms with Gasteiger partial charge in [0, 0.05) is 0 Å². The molecule has 1 heterocycles. The van der Waals surface area contributed by atoms with Crippen LogP contribution in [0.1, 0.15) is 6.42 Å². The number of halogens is 2. The minimum atomic E-state index is 0. The minimum Gasteiger partial charge on any atom is -1.00 e. The summed E-state index contributed by atoms with van der Waals surface area (Å²) in [6.07, 6.45) is 14.6. The van der Waals surface area contributed by atoms with E-state index < -0.39 is 0 Å². The van der Waals surface area contributed by atoms with E-state index in [1.165, 1.54) is 0 Å². The van der Waals surface area contributed by atoms with Gasteiger partial charge in [0.05, 0.1) is 0 Å². The van der Waals surface area contributed by atoms with Crippen molar-refractivity contribution < 1.29 is 46.5 Å². The maximum absolute atomic E-state index is 2.99. The van der Waals surface area contributed by atoms with Crippen molar-refractivity contribution in [2.75, 3.05) is 0 Å². The summed E-state index contributed by atoms with van der Waals surface area (Å²) in [7, 11) is 0. The first kappa shape index (κ1) is 23.7. The zero-order valence-corrected chi connectivity index (χ0v) is 11.0. The molecule has 78 valence electrons. The summed E-state index contributed by atoms with van der Waals surface area (Å²) in [6.45, 7) is 0. The minimum absolute atomic E-state index is 0. The third kappa shape index (κ3) is 14.6. The molecule has 14 heavy (non-hydrogen) atoms. The van der Waals surface area contributed by atoms with Crippen LogP contribution in [0.15, 0.2) is 36.6 Å². The zero-order valence-electron chi connectivity index (χ0n) is 7.93. The standard InChI is InChI=1S/C5H5.C4H4N.CH3.2ClH.Ti/c2*1-2-4-5-3-1;;;;/h1-3H,4H2;1-3,5H;1H3;2*1H;/q3*-1;;;+2/p-2. The van der Waals surface area contributed by atoms with Gasteiger partial charge in [0.15, 0.2) is 0 Å². The molecule has 1 aromatic heterocycles. The van der Waals surface area contributed by atoms with Crippen molar-refractivity contribution in [3.63, 3.8) is 0 Å². The van der Waals surface area contributed by atoms with Crippen molar-refractivity contribution >= 4 is 0 Å². The second-order valence-electron chi connectivity index (χ2n) is 1.82. The van der Waals surface area contributed by atoms with Crippen LogP contribution < -0.4 is 24.8 Å². The summed E-state index contributed by atoms with van der Waals surface area (Å²) < 4.78 is 0. The second kappa shape index (κ2) is 18.8. The van der Waals surface area contributed by atoms with Crippen molar-refractivity contribution in [2.45, 2.75) is 6.42 Å².